The number of fused-ring (bicyclic) bond motifs is 1. The molecule has 1 aliphatic rings. The number of aryl methyl sites for hydroxylation is 1. The minimum Gasteiger partial charge on any atom is -0.332 e. The van der Waals surface area contributed by atoms with E-state index in [0.29, 0.717) is 0 Å². The van der Waals surface area contributed by atoms with Crippen molar-refractivity contribution < 1.29 is 4.79 Å². The molecule has 1 aromatic rings. The minimum atomic E-state index is -0.0571. The maximum absolute atomic E-state index is 12.2. The minimum absolute atomic E-state index is 0.0571. The first-order valence-corrected chi connectivity index (χ1v) is 5.93. The van der Waals surface area contributed by atoms with E-state index in [1.165, 1.54) is 10.5 Å². The summed E-state index contributed by atoms with van der Waals surface area (Å²) < 4.78 is 0. The fraction of sp³-hybridized carbons (Fsp3) is 0.429. The van der Waals surface area contributed by atoms with Gasteiger partial charge in [-0.05, 0) is 30.4 Å². The van der Waals surface area contributed by atoms with Crippen molar-refractivity contribution in [3.8, 4) is 6.07 Å². The Bertz CT molecular complexity index is 462. The molecule has 0 heterocycles. The van der Waals surface area contributed by atoms with Crippen LogP contribution in [0.5, 0.6) is 0 Å². The lowest BCUT2D eigenvalue weighted by Crippen LogP contribution is -2.33. The van der Waals surface area contributed by atoms with Gasteiger partial charge < -0.3 is 4.90 Å². The SMILES string of the molecule is CN(CC#N)C(=O)C1CCCc2ccccc21. The summed E-state index contributed by atoms with van der Waals surface area (Å²) in [5.74, 6) is 0.0111. The van der Waals surface area contributed by atoms with Crippen molar-refractivity contribution >= 4 is 5.91 Å². The Morgan fingerprint density at radius 1 is 1.53 bits per heavy atom. The quantitative estimate of drug-likeness (QED) is 0.727. The van der Waals surface area contributed by atoms with Gasteiger partial charge in [-0.1, -0.05) is 24.3 Å². The van der Waals surface area contributed by atoms with Crippen LogP contribution in [0.1, 0.15) is 29.9 Å². The first-order chi connectivity index (χ1) is 8.24. The number of likely N-dealkylation sites (N-methyl/N-ethyl adjacent to an activating group) is 1. The molecule has 1 aromatic carbocycles. The summed E-state index contributed by atoms with van der Waals surface area (Å²) in [7, 11) is 1.70. The third-order valence-corrected chi connectivity index (χ3v) is 3.35. The van der Waals surface area contributed by atoms with Crippen LogP contribution in [0.25, 0.3) is 0 Å². The summed E-state index contributed by atoms with van der Waals surface area (Å²) in [5, 5.41) is 8.64. The van der Waals surface area contributed by atoms with E-state index in [9.17, 15) is 4.79 Å². The van der Waals surface area contributed by atoms with Crippen molar-refractivity contribution in [1.82, 2.24) is 4.90 Å². The zero-order valence-electron chi connectivity index (χ0n) is 10.0. The summed E-state index contributed by atoms with van der Waals surface area (Å²) >= 11 is 0. The van der Waals surface area contributed by atoms with Crippen molar-refractivity contribution in [2.45, 2.75) is 25.2 Å². The third kappa shape index (κ3) is 2.31. The van der Waals surface area contributed by atoms with Gasteiger partial charge in [0, 0.05) is 7.05 Å². The topological polar surface area (TPSA) is 44.1 Å². The van der Waals surface area contributed by atoms with Crippen molar-refractivity contribution in [3.05, 3.63) is 35.4 Å². The van der Waals surface area contributed by atoms with Crippen LogP contribution in [0.2, 0.25) is 0 Å². The lowest BCUT2D eigenvalue weighted by atomic mass is 9.82. The van der Waals surface area contributed by atoms with Gasteiger partial charge in [-0.2, -0.15) is 5.26 Å². The van der Waals surface area contributed by atoms with E-state index in [-0.39, 0.29) is 18.4 Å². The molecule has 0 aliphatic heterocycles. The highest BCUT2D eigenvalue weighted by Crippen LogP contribution is 2.32. The Hall–Kier alpha value is -1.82. The summed E-state index contributed by atoms with van der Waals surface area (Å²) in [5.41, 5.74) is 2.43. The standard InChI is InChI=1S/C14H16N2O/c1-16(10-9-15)14(17)13-8-4-6-11-5-2-3-7-12(11)13/h2-3,5,7,13H,4,6,8,10H2,1H3. The smallest absolute Gasteiger partial charge is 0.230 e. The van der Waals surface area contributed by atoms with Crippen LogP contribution >= 0.6 is 0 Å². The van der Waals surface area contributed by atoms with Crippen molar-refractivity contribution in [2.75, 3.05) is 13.6 Å². The molecule has 17 heavy (non-hydrogen) atoms. The molecule has 0 saturated carbocycles. The van der Waals surface area contributed by atoms with E-state index in [0.717, 1.165) is 24.8 Å². The predicted octanol–water partition coefficient (Wildman–Crippen LogP) is 2.09. The molecule has 88 valence electrons. The Morgan fingerprint density at radius 3 is 3.06 bits per heavy atom. The zero-order valence-corrected chi connectivity index (χ0v) is 10.0. The Labute approximate surface area is 102 Å². The van der Waals surface area contributed by atoms with Gasteiger partial charge in [-0.3, -0.25) is 4.79 Å². The lowest BCUT2D eigenvalue weighted by Gasteiger charge is -2.27. The molecule has 1 amide bonds. The average Bonchev–Trinajstić information content (AvgIpc) is 2.37. The second-order valence-corrected chi connectivity index (χ2v) is 4.50. The normalized spacial score (nSPS) is 18.0. The molecule has 1 unspecified atom stereocenters. The number of benzene rings is 1. The molecule has 0 spiro atoms. The highest BCUT2D eigenvalue weighted by Gasteiger charge is 2.28. The molecular weight excluding hydrogens is 212 g/mol. The molecule has 3 nitrogen and oxygen atoms in total. The zero-order chi connectivity index (χ0) is 12.3. The maximum atomic E-state index is 12.2. The Morgan fingerprint density at radius 2 is 2.29 bits per heavy atom. The Balaban J connectivity index is 2.24. The molecule has 0 aromatic heterocycles. The van der Waals surface area contributed by atoms with Gasteiger partial charge in [0.25, 0.3) is 0 Å². The molecule has 1 aliphatic carbocycles. The van der Waals surface area contributed by atoms with E-state index in [4.69, 9.17) is 5.26 Å². The van der Waals surface area contributed by atoms with Crippen LogP contribution in [0.15, 0.2) is 24.3 Å². The molecular formula is C14H16N2O. The first kappa shape index (κ1) is 11.7. The van der Waals surface area contributed by atoms with Crippen LogP contribution in [-0.4, -0.2) is 24.4 Å². The predicted molar refractivity (Wildman–Crippen MR) is 65.4 cm³/mol. The number of amides is 1. The second-order valence-electron chi connectivity index (χ2n) is 4.50. The van der Waals surface area contributed by atoms with Gasteiger partial charge in [0.1, 0.15) is 6.54 Å². The van der Waals surface area contributed by atoms with E-state index in [1.54, 1.807) is 7.05 Å². The highest BCUT2D eigenvalue weighted by atomic mass is 16.2. The van der Waals surface area contributed by atoms with Gasteiger partial charge in [0.2, 0.25) is 5.91 Å². The molecule has 0 radical (unpaired) electrons. The summed E-state index contributed by atoms with van der Waals surface area (Å²) in [4.78, 5) is 13.7. The van der Waals surface area contributed by atoms with Crippen molar-refractivity contribution in [1.29, 1.82) is 5.26 Å². The van der Waals surface area contributed by atoms with E-state index >= 15 is 0 Å². The fourth-order valence-electron chi connectivity index (χ4n) is 2.46. The molecule has 0 fully saturated rings. The Kier molecular flexibility index (Phi) is 3.43. The van der Waals surface area contributed by atoms with Gasteiger partial charge in [0.15, 0.2) is 0 Å². The van der Waals surface area contributed by atoms with Crippen LogP contribution in [-0.2, 0) is 11.2 Å². The number of nitrogens with zero attached hydrogens (tertiary/aromatic N) is 2. The number of rotatable bonds is 2. The largest absolute Gasteiger partial charge is 0.332 e. The molecule has 1 atom stereocenters. The van der Waals surface area contributed by atoms with Gasteiger partial charge in [-0.25, -0.2) is 0 Å². The van der Waals surface area contributed by atoms with Crippen LogP contribution in [0.3, 0.4) is 0 Å². The molecule has 0 N–H and O–H groups in total. The maximum Gasteiger partial charge on any atom is 0.230 e. The fourth-order valence-corrected chi connectivity index (χ4v) is 2.46. The third-order valence-electron chi connectivity index (χ3n) is 3.35. The summed E-state index contributed by atoms with van der Waals surface area (Å²) in [6.07, 6.45) is 3.00. The highest BCUT2D eigenvalue weighted by molar-refractivity contribution is 5.84. The van der Waals surface area contributed by atoms with Crippen LogP contribution in [0, 0.1) is 11.3 Å². The monoisotopic (exact) mass is 228 g/mol. The lowest BCUT2D eigenvalue weighted by molar-refractivity contribution is -0.131. The summed E-state index contributed by atoms with van der Waals surface area (Å²) in [6, 6.07) is 10.2. The van der Waals surface area contributed by atoms with Crippen molar-refractivity contribution in [3.63, 3.8) is 0 Å². The van der Waals surface area contributed by atoms with Gasteiger partial charge >= 0.3 is 0 Å². The first-order valence-electron chi connectivity index (χ1n) is 5.93. The summed E-state index contributed by atoms with van der Waals surface area (Å²) in [6.45, 7) is 0.164. The number of carbonyl (C=O) groups excluding carboxylic acids is 1. The van der Waals surface area contributed by atoms with Crippen LogP contribution in [0.4, 0.5) is 0 Å². The van der Waals surface area contributed by atoms with E-state index in [1.807, 2.05) is 24.3 Å². The van der Waals surface area contributed by atoms with E-state index in [2.05, 4.69) is 6.07 Å². The van der Waals surface area contributed by atoms with E-state index < -0.39 is 0 Å². The van der Waals surface area contributed by atoms with Gasteiger partial charge in [-0.15, -0.1) is 0 Å². The molecule has 0 saturated heterocycles. The number of nitriles is 1. The van der Waals surface area contributed by atoms with Crippen molar-refractivity contribution in [2.24, 2.45) is 0 Å². The number of hydrogen-bond acceptors (Lipinski definition) is 2. The number of carbonyl (C=O) groups is 1. The number of hydrogen-bond donors (Lipinski definition) is 0. The molecule has 3 heteroatoms. The molecule has 2 rings (SSSR count). The van der Waals surface area contributed by atoms with Crippen LogP contribution < -0.4 is 0 Å². The van der Waals surface area contributed by atoms with Gasteiger partial charge in [0.05, 0.1) is 12.0 Å². The average molecular weight is 228 g/mol. The second kappa shape index (κ2) is 5.01. The molecule has 0 bridgehead atoms.